The largest absolute Gasteiger partial charge is 0.481 e. The van der Waals surface area contributed by atoms with E-state index in [0.717, 1.165) is 24.5 Å². The van der Waals surface area contributed by atoms with Crippen molar-refractivity contribution in [1.29, 1.82) is 0 Å². The molecular formula is C16H18N2O2S. The molecule has 2 heterocycles. The van der Waals surface area contributed by atoms with E-state index >= 15 is 0 Å². The van der Waals surface area contributed by atoms with Gasteiger partial charge in [0, 0.05) is 36.5 Å². The Labute approximate surface area is 128 Å². The highest BCUT2D eigenvalue weighted by molar-refractivity contribution is 7.15. The van der Waals surface area contributed by atoms with Gasteiger partial charge in [-0.15, -0.1) is 11.3 Å². The molecule has 4 nitrogen and oxygen atoms in total. The summed E-state index contributed by atoms with van der Waals surface area (Å²) in [5.74, 6) is -0.731. The Kier molecular flexibility index (Phi) is 4.03. The van der Waals surface area contributed by atoms with Crippen molar-refractivity contribution in [3.63, 3.8) is 0 Å². The Morgan fingerprint density at radius 3 is 3.00 bits per heavy atom. The Hall–Kier alpha value is -1.72. The highest BCUT2D eigenvalue weighted by Crippen LogP contribution is 2.33. The normalized spacial score (nSPS) is 14.9. The van der Waals surface area contributed by atoms with E-state index in [1.54, 1.807) is 11.3 Å². The molecule has 0 fully saturated rings. The van der Waals surface area contributed by atoms with Gasteiger partial charge in [-0.1, -0.05) is 24.3 Å². The predicted molar refractivity (Wildman–Crippen MR) is 83.5 cm³/mol. The van der Waals surface area contributed by atoms with E-state index in [-0.39, 0.29) is 6.42 Å². The Morgan fingerprint density at radius 2 is 2.24 bits per heavy atom. The summed E-state index contributed by atoms with van der Waals surface area (Å²) in [6.07, 6.45) is 1.12. The third-order valence-electron chi connectivity index (χ3n) is 3.83. The van der Waals surface area contributed by atoms with E-state index < -0.39 is 5.97 Å². The lowest BCUT2D eigenvalue weighted by atomic mass is 10.1. The lowest BCUT2D eigenvalue weighted by Gasteiger charge is -2.24. The lowest BCUT2D eigenvalue weighted by Crippen LogP contribution is -2.31. The number of carboxylic acids is 1. The average Bonchev–Trinajstić information content (AvgIpc) is 2.88. The summed E-state index contributed by atoms with van der Waals surface area (Å²) in [5, 5.41) is 9.87. The number of aliphatic carboxylic acids is 1. The lowest BCUT2D eigenvalue weighted by molar-refractivity contribution is -0.137. The molecule has 0 radical (unpaired) electrons. The number of aryl methyl sites for hydroxylation is 1. The van der Waals surface area contributed by atoms with Gasteiger partial charge < -0.3 is 5.11 Å². The van der Waals surface area contributed by atoms with Crippen LogP contribution in [-0.2, 0) is 17.8 Å². The molecule has 3 rings (SSSR count). The Bertz CT molecular complexity index is 666. The van der Waals surface area contributed by atoms with Gasteiger partial charge >= 0.3 is 5.97 Å². The minimum atomic E-state index is -0.731. The maximum absolute atomic E-state index is 10.7. The molecule has 21 heavy (non-hydrogen) atoms. The van der Waals surface area contributed by atoms with Gasteiger partial charge in [-0.2, -0.15) is 0 Å². The number of aromatic nitrogens is 1. The van der Waals surface area contributed by atoms with Crippen LogP contribution in [-0.4, -0.2) is 34.0 Å². The molecular weight excluding hydrogens is 284 g/mol. The monoisotopic (exact) mass is 302 g/mol. The summed E-state index contributed by atoms with van der Waals surface area (Å²) in [7, 11) is 0. The first-order chi connectivity index (χ1) is 10.1. The van der Waals surface area contributed by atoms with Gasteiger partial charge in [-0.3, -0.25) is 9.69 Å². The molecule has 1 aliphatic rings. The summed E-state index contributed by atoms with van der Waals surface area (Å²) in [4.78, 5) is 19.0. The van der Waals surface area contributed by atoms with Gasteiger partial charge in [-0.25, -0.2) is 4.98 Å². The molecule has 1 N–H and O–H groups in total. The van der Waals surface area contributed by atoms with Crippen molar-refractivity contribution in [1.82, 2.24) is 9.88 Å². The summed E-state index contributed by atoms with van der Waals surface area (Å²) >= 11 is 1.74. The second-order valence-electron chi connectivity index (χ2n) is 5.37. The summed E-state index contributed by atoms with van der Waals surface area (Å²) in [6.45, 7) is 4.45. The highest BCUT2D eigenvalue weighted by Gasteiger charge is 2.21. The topological polar surface area (TPSA) is 53.4 Å². The molecule has 2 aromatic rings. The molecule has 0 saturated carbocycles. The van der Waals surface area contributed by atoms with Crippen molar-refractivity contribution >= 4 is 17.3 Å². The van der Waals surface area contributed by atoms with Crippen LogP contribution in [0.2, 0.25) is 0 Å². The van der Waals surface area contributed by atoms with E-state index in [1.807, 2.05) is 12.1 Å². The van der Waals surface area contributed by atoms with Gasteiger partial charge in [0.1, 0.15) is 5.01 Å². The molecule has 0 unspecified atom stereocenters. The summed E-state index contributed by atoms with van der Waals surface area (Å²) in [5.41, 5.74) is 3.63. The predicted octanol–water partition coefficient (Wildman–Crippen LogP) is 2.95. The van der Waals surface area contributed by atoms with Crippen LogP contribution in [0.1, 0.15) is 22.6 Å². The Balaban J connectivity index is 1.79. The quantitative estimate of drug-likeness (QED) is 0.943. The van der Waals surface area contributed by atoms with Crippen LogP contribution in [0.5, 0.6) is 0 Å². The van der Waals surface area contributed by atoms with Crippen LogP contribution in [0.3, 0.4) is 0 Å². The zero-order valence-corrected chi connectivity index (χ0v) is 12.8. The van der Waals surface area contributed by atoms with Crippen LogP contribution >= 0.6 is 11.3 Å². The molecule has 1 aliphatic heterocycles. The molecule has 1 aromatic carbocycles. The zero-order valence-electron chi connectivity index (χ0n) is 12.0. The van der Waals surface area contributed by atoms with Crippen molar-refractivity contribution < 1.29 is 9.90 Å². The molecule has 0 atom stereocenters. The fraction of sp³-hybridized carbons (Fsp3) is 0.375. The Morgan fingerprint density at radius 1 is 1.43 bits per heavy atom. The number of nitrogens with zero attached hydrogens (tertiary/aromatic N) is 2. The van der Waals surface area contributed by atoms with Crippen LogP contribution in [0.25, 0.3) is 10.6 Å². The van der Waals surface area contributed by atoms with Crippen LogP contribution < -0.4 is 0 Å². The zero-order chi connectivity index (χ0) is 14.8. The van der Waals surface area contributed by atoms with E-state index in [0.29, 0.717) is 6.54 Å². The molecule has 110 valence electrons. The van der Waals surface area contributed by atoms with Gasteiger partial charge in [0.25, 0.3) is 0 Å². The van der Waals surface area contributed by atoms with Crippen molar-refractivity contribution in [3.8, 4) is 10.6 Å². The average molecular weight is 302 g/mol. The van der Waals surface area contributed by atoms with Crippen LogP contribution in [0.15, 0.2) is 24.3 Å². The fourth-order valence-corrected chi connectivity index (χ4v) is 3.86. The molecule has 0 aliphatic carbocycles. The minimum absolute atomic E-state index is 0.207. The maximum atomic E-state index is 10.7. The SMILES string of the molecule is Cc1ccccc1-c1nc2c(s1)CN(CCC(=O)O)CC2. The summed E-state index contributed by atoms with van der Waals surface area (Å²) < 4.78 is 0. The van der Waals surface area contributed by atoms with Crippen molar-refractivity contribution in [2.45, 2.75) is 26.3 Å². The smallest absolute Gasteiger partial charge is 0.304 e. The molecule has 0 amide bonds. The fourth-order valence-electron chi connectivity index (χ4n) is 2.62. The van der Waals surface area contributed by atoms with Gasteiger partial charge in [0.05, 0.1) is 12.1 Å². The molecule has 0 spiro atoms. The minimum Gasteiger partial charge on any atom is -0.481 e. The second kappa shape index (κ2) is 5.95. The van der Waals surface area contributed by atoms with E-state index in [4.69, 9.17) is 10.1 Å². The molecule has 0 bridgehead atoms. The summed E-state index contributed by atoms with van der Waals surface area (Å²) in [6, 6.07) is 8.30. The molecule has 5 heteroatoms. The third-order valence-corrected chi connectivity index (χ3v) is 4.94. The van der Waals surface area contributed by atoms with Crippen LogP contribution in [0.4, 0.5) is 0 Å². The first kappa shape index (κ1) is 14.2. The number of rotatable bonds is 4. The van der Waals surface area contributed by atoms with E-state index in [1.165, 1.54) is 21.7 Å². The first-order valence-corrected chi connectivity index (χ1v) is 7.94. The number of carboxylic acid groups (broad SMARTS) is 1. The first-order valence-electron chi connectivity index (χ1n) is 7.12. The third kappa shape index (κ3) is 3.14. The van der Waals surface area contributed by atoms with Gasteiger partial charge in [-0.05, 0) is 12.5 Å². The number of carbonyl (C=O) groups is 1. The number of thiazole rings is 1. The van der Waals surface area contributed by atoms with Crippen molar-refractivity contribution in [2.24, 2.45) is 0 Å². The molecule has 0 saturated heterocycles. The maximum Gasteiger partial charge on any atom is 0.304 e. The van der Waals surface area contributed by atoms with Gasteiger partial charge in [0.15, 0.2) is 0 Å². The van der Waals surface area contributed by atoms with Crippen molar-refractivity contribution in [3.05, 3.63) is 40.4 Å². The van der Waals surface area contributed by atoms with Gasteiger partial charge in [0.2, 0.25) is 0 Å². The molecule has 1 aromatic heterocycles. The van der Waals surface area contributed by atoms with Crippen LogP contribution in [0, 0.1) is 6.92 Å². The number of benzene rings is 1. The number of hydrogen-bond donors (Lipinski definition) is 1. The van der Waals surface area contributed by atoms with Crippen molar-refractivity contribution in [2.75, 3.05) is 13.1 Å². The highest BCUT2D eigenvalue weighted by atomic mass is 32.1. The standard InChI is InChI=1S/C16H18N2O2S/c1-11-4-2-3-5-12(11)16-17-13-6-8-18(9-7-15(19)20)10-14(13)21-16/h2-5H,6-10H2,1H3,(H,19,20). The second-order valence-corrected chi connectivity index (χ2v) is 6.46. The van der Waals surface area contributed by atoms with E-state index in [9.17, 15) is 4.79 Å². The number of hydrogen-bond acceptors (Lipinski definition) is 4. The number of fused-ring (bicyclic) bond motifs is 1. The van der Waals surface area contributed by atoms with E-state index in [2.05, 4.69) is 24.0 Å².